The van der Waals surface area contributed by atoms with Gasteiger partial charge in [0.25, 0.3) is 0 Å². The van der Waals surface area contributed by atoms with Crippen molar-refractivity contribution in [2.75, 3.05) is 13.1 Å². The summed E-state index contributed by atoms with van der Waals surface area (Å²) in [6.07, 6.45) is 6.53. The van der Waals surface area contributed by atoms with Crippen molar-refractivity contribution in [1.29, 1.82) is 0 Å². The zero-order valence-corrected chi connectivity index (χ0v) is 16.4. The standard InChI is InChI=1S/C21H30N6O/c28-21(22-15-20-25-24-19-9-5-2-6-12-27(19)20)23-18-10-13-26(14-11-18)16-17-7-3-1-4-8-17/h1,3-4,7-8,18H,2,5-6,9-16H2,(H2,22,23,28). The first-order valence-electron chi connectivity index (χ1n) is 10.5. The molecule has 2 aliphatic heterocycles. The van der Waals surface area contributed by atoms with Crippen LogP contribution in [-0.2, 0) is 26.1 Å². The number of amides is 2. The molecule has 1 saturated heterocycles. The van der Waals surface area contributed by atoms with Gasteiger partial charge in [0.05, 0.1) is 6.54 Å². The molecule has 2 amide bonds. The predicted octanol–water partition coefficient (Wildman–Crippen LogP) is 2.47. The van der Waals surface area contributed by atoms with Crippen LogP contribution in [-0.4, -0.2) is 44.8 Å². The van der Waals surface area contributed by atoms with E-state index in [9.17, 15) is 4.79 Å². The molecule has 0 saturated carbocycles. The second kappa shape index (κ2) is 9.19. The molecule has 0 radical (unpaired) electrons. The largest absolute Gasteiger partial charge is 0.335 e. The van der Waals surface area contributed by atoms with Gasteiger partial charge >= 0.3 is 6.03 Å². The van der Waals surface area contributed by atoms with Gasteiger partial charge in [-0.1, -0.05) is 36.8 Å². The highest BCUT2D eigenvalue weighted by molar-refractivity contribution is 5.74. The molecule has 0 atom stereocenters. The lowest BCUT2D eigenvalue weighted by Gasteiger charge is -2.32. The molecule has 1 aromatic heterocycles. The normalized spacial score (nSPS) is 18.3. The Labute approximate surface area is 166 Å². The fraction of sp³-hybridized carbons (Fsp3) is 0.571. The lowest BCUT2D eigenvalue weighted by atomic mass is 10.0. The summed E-state index contributed by atoms with van der Waals surface area (Å²) < 4.78 is 2.18. The van der Waals surface area contributed by atoms with E-state index in [1.54, 1.807) is 0 Å². The Morgan fingerprint density at radius 1 is 1.04 bits per heavy atom. The maximum Gasteiger partial charge on any atom is 0.315 e. The van der Waals surface area contributed by atoms with Crippen molar-refractivity contribution in [3.8, 4) is 0 Å². The minimum Gasteiger partial charge on any atom is -0.335 e. The molecule has 0 aliphatic carbocycles. The molecule has 7 heteroatoms. The van der Waals surface area contributed by atoms with Gasteiger partial charge in [0.15, 0.2) is 5.82 Å². The number of hydrogen-bond donors (Lipinski definition) is 2. The molecular weight excluding hydrogens is 352 g/mol. The number of rotatable bonds is 5. The highest BCUT2D eigenvalue weighted by Gasteiger charge is 2.21. The van der Waals surface area contributed by atoms with Gasteiger partial charge in [0.1, 0.15) is 5.82 Å². The SMILES string of the molecule is O=C(NCc1nnc2n1CCCCC2)NC1CCN(Cc2ccccc2)CC1. The van der Waals surface area contributed by atoms with E-state index in [4.69, 9.17) is 0 Å². The summed E-state index contributed by atoms with van der Waals surface area (Å²) in [6, 6.07) is 10.7. The maximum atomic E-state index is 12.3. The van der Waals surface area contributed by atoms with Gasteiger partial charge in [0.2, 0.25) is 0 Å². The molecule has 1 aromatic carbocycles. The van der Waals surface area contributed by atoms with Crippen molar-refractivity contribution in [1.82, 2.24) is 30.3 Å². The average Bonchev–Trinajstić information content (AvgIpc) is 2.95. The van der Waals surface area contributed by atoms with Crippen molar-refractivity contribution in [2.45, 2.75) is 64.2 Å². The van der Waals surface area contributed by atoms with Gasteiger partial charge in [-0.25, -0.2) is 4.79 Å². The average molecular weight is 383 g/mol. The Kier molecular flexibility index (Phi) is 6.21. The molecule has 28 heavy (non-hydrogen) atoms. The minimum absolute atomic E-state index is 0.104. The summed E-state index contributed by atoms with van der Waals surface area (Å²) in [5, 5.41) is 14.7. The van der Waals surface area contributed by atoms with Crippen LogP contribution >= 0.6 is 0 Å². The predicted molar refractivity (Wildman–Crippen MR) is 108 cm³/mol. The zero-order chi connectivity index (χ0) is 19.2. The van der Waals surface area contributed by atoms with Crippen LogP contribution in [0.1, 0.15) is 49.3 Å². The molecule has 2 N–H and O–H groups in total. The smallest absolute Gasteiger partial charge is 0.315 e. The highest BCUT2D eigenvalue weighted by Crippen LogP contribution is 2.15. The Balaban J connectivity index is 1.19. The summed E-state index contributed by atoms with van der Waals surface area (Å²) in [5.74, 6) is 1.92. The summed E-state index contributed by atoms with van der Waals surface area (Å²) >= 11 is 0. The number of urea groups is 1. The van der Waals surface area contributed by atoms with Crippen LogP contribution in [0.2, 0.25) is 0 Å². The monoisotopic (exact) mass is 382 g/mol. The lowest BCUT2D eigenvalue weighted by molar-refractivity contribution is 0.186. The second-order valence-corrected chi connectivity index (χ2v) is 7.86. The lowest BCUT2D eigenvalue weighted by Crippen LogP contribution is -2.47. The number of carbonyl (C=O) groups is 1. The Bertz CT molecular complexity index is 766. The van der Waals surface area contributed by atoms with E-state index >= 15 is 0 Å². The maximum absolute atomic E-state index is 12.3. The van der Waals surface area contributed by atoms with Gasteiger partial charge < -0.3 is 15.2 Å². The molecule has 0 bridgehead atoms. The minimum atomic E-state index is -0.104. The van der Waals surface area contributed by atoms with Crippen LogP contribution in [0.15, 0.2) is 30.3 Å². The topological polar surface area (TPSA) is 75.1 Å². The molecular formula is C21H30N6O. The van der Waals surface area contributed by atoms with Gasteiger partial charge in [-0.2, -0.15) is 0 Å². The number of hydrogen-bond acceptors (Lipinski definition) is 4. The Morgan fingerprint density at radius 3 is 2.68 bits per heavy atom. The van der Waals surface area contributed by atoms with Crippen LogP contribution in [0.25, 0.3) is 0 Å². The molecule has 1 fully saturated rings. The fourth-order valence-electron chi connectivity index (χ4n) is 4.15. The number of likely N-dealkylation sites (tertiary alicyclic amines) is 1. The summed E-state index contributed by atoms with van der Waals surface area (Å²) in [5.41, 5.74) is 1.35. The van der Waals surface area contributed by atoms with Gasteiger partial charge in [-0.05, 0) is 31.2 Å². The number of piperidine rings is 1. The van der Waals surface area contributed by atoms with Crippen molar-refractivity contribution in [3.05, 3.63) is 47.5 Å². The number of aromatic nitrogens is 3. The molecule has 2 aromatic rings. The van der Waals surface area contributed by atoms with Crippen LogP contribution in [0.5, 0.6) is 0 Å². The zero-order valence-electron chi connectivity index (χ0n) is 16.4. The third-order valence-corrected chi connectivity index (χ3v) is 5.76. The third kappa shape index (κ3) is 4.90. The van der Waals surface area contributed by atoms with Crippen molar-refractivity contribution < 1.29 is 4.79 Å². The number of nitrogens with zero attached hydrogens (tertiary/aromatic N) is 4. The number of benzene rings is 1. The van der Waals surface area contributed by atoms with E-state index in [2.05, 4.69) is 60.6 Å². The van der Waals surface area contributed by atoms with Gasteiger partial charge in [0, 0.05) is 38.6 Å². The first kappa shape index (κ1) is 18.9. The van der Waals surface area contributed by atoms with E-state index in [1.807, 2.05) is 0 Å². The first-order valence-corrected chi connectivity index (χ1v) is 10.5. The van der Waals surface area contributed by atoms with E-state index in [0.29, 0.717) is 6.54 Å². The molecule has 150 valence electrons. The first-order chi connectivity index (χ1) is 13.8. The van der Waals surface area contributed by atoms with Crippen molar-refractivity contribution >= 4 is 6.03 Å². The molecule has 7 nitrogen and oxygen atoms in total. The highest BCUT2D eigenvalue weighted by atomic mass is 16.2. The van der Waals surface area contributed by atoms with Crippen LogP contribution < -0.4 is 10.6 Å². The third-order valence-electron chi connectivity index (χ3n) is 5.76. The number of carbonyl (C=O) groups excluding carboxylic acids is 1. The quantitative estimate of drug-likeness (QED) is 0.833. The van der Waals surface area contributed by atoms with Crippen LogP contribution in [0.4, 0.5) is 4.79 Å². The molecule has 0 unspecified atom stereocenters. The molecule has 0 spiro atoms. The fourth-order valence-corrected chi connectivity index (χ4v) is 4.15. The Hall–Kier alpha value is -2.41. The van der Waals surface area contributed by atoms with E-state index in [-0.39, 0.29) is 12.1 Å². The van der Waals surface area contributed by atoms with E-state index < -0.39 is 0 Å². The van der Waals surface area contributed by atoms with E-state index in [0.717, 1.165) is 63.5 Å². The summed E-state index contributed by atoms with van der Waals surface area (Å²) in [4.78, 5) is 14.8. The number of aryl methyl sites for hydroxylation is 1. The molecule has 2 aliphatic rings. The molecule has 3 heterocycles. The molecule has 4 rings (SSSR count). The number of fused-ring (bicyclic) bond motifs is 1. The summed E-state index contributed by atoms with van der Waals surface area (Å²) in [7, 11) is 0. The van der Waals surface area contributed by atoms with Gasteiger partial charge in [-0.3, -0.25) is 4.90 Å². The number of nitrogens with one attached hydrogen (secondary N) is 2. The van der Waals surface area contributed by atoms with Gasteiger partial charge in [-0.15, -0.1) is 10.2 Å². The van der Waals surface area contributed by atoms with Crippen LogP contribution in [0, 0.1) is 0 Å². The van der Waals surface area contributed by atoms with Crippen molar-refractivity contribution in [3.63, 3.8) is 0 Å². The second-order valence-electron chi connectivity index (χ2n) is 7.86. The van der Waals surface area contributed by atoms with Crippen molar-refractivity contribution in [2.24, 2.45) is 0 Å². The van der Waals surface area contributed by atoms with Crippen LogP contribution in [0.3, 0.4) is 0 Å². The Morgan fingerprint density at radius 2 is 1.86 bits per heavy atom. The summed E-state index contributed by atoms with van der Waals surface area (Å²) in [6.45, 7) is 4.40. The van der Waals surface area contributed by atoms with E-state index in [1.165, 1.54) is 18.4 Å².